The summed E-state index contributed by atoms with van der Waals surface area (Å²) in [6, 6.07) is 11.1. The molecule has 1 atom stereocenters. The Labute approximate surface area is 189 Å². The van der Waals surface area contributed by atoms with Gasteiger partial charge in [0.2, 0.25) is 12.7 Å². The van der Waals surface area contributed by atoms with E-state index in [1.165, 1.54) is 23.9 Å². The summed E-state index contributed by atoms with van der Waals surface area (Å²) in [4.78, 5) is 12.5. The van der Waals surface area contributed by atoms with E-state index in [9.17, 15) is 9.18 Å². The number of nitrogens with one attached hydrogen (secondary N) is 1. The lowest BCUT2D eigenvalue weighted by molar-refractivity contribution is -0.113. The van der Waals surface area contributed by atoms with Crippen LogP contribution in [0.1, 0.15) is 38.7 Å². The summed E-state index contributed by atoms with van der Waals surface area (Å²) in [7, 11) is 0. The van der Waals surface area contributed by atoms with Crippen molar-refractivity contribution >= 4 is 23.4 Å². The van der Waals surface area contributed by atoms with Gasteiger partial charge in [0, 0.05) is 17.8 Å². The van der Waals surface area contributed by atoms with Gasteiger partial charge in [-0.2, -0.15) is 0 Å². The highest BCUT2D eigenvalue weighted by molar-refractivity contribution is 7.99. The third-order valence-electron chi connectivity index (χ3n) is 4.69. The van der Waals surface area contributed by atoms with Crippen LogP contribution in [-0.2, 0) is 4.79 Å². The van der Waals surface area contributed by atoms with Crippen molar-refractivity contribution in [3.8, 4) is 17.2 Å². The van der Waals surface area contributed by atoms with Gasteiger partial charge < -0.3 is 24.1 Å². The average molecular weight is 459 g/mol. The summed E-state index contributed by atoms with van der Waals surface area (Å²) in [5.74, 6) is 2.09. The number of halogens is 1. The lowest BCUT2D eigenvalue weighted by atomic mass is 10.3. The minimum absolute atomic E-state index is 0.0543. The molecule has 168 valence electrons. The van der Waals surface area contributed by atoms with Crippen LogP contribution in [0, 0.1) is 5.82 Å². The molecule has 0 saturated carbocycles. The summed E-state index contributed by atoms with van der Waals surface area (Å²) in [5.41, 5.74) is 0.632. The number of carbonyl (C=O) groups is 1. The van der Waals surface area contributed by atoms with Gasteiger partial charge in [-0.25, -0.2) is 4.39 Å². The molecule has 1 amide bonds. The van der Waals surface area contributed by atoms with Crippen molar-refractivity contribution in [1.29, 1.82) is 0 Å². The highest BCUT2D eigenvalue weighted by Crippen LogP contribution is 2.34. The zero-order chi connectivity index (χ0) is 22.7. The topological polar surface area (TPSA) is 87.5 Å². The van der Waals surface area contributed by atoms with Gasteiger partial charge in [-0.05, 0) is 57.2 Å². The minimum atomic E-state index is -0.410. The number of amides is 1. The first kappa shape index (κ1) is 21.9. The number of benzene rings is 2. The number of fused-ring (bicyclic) bond motifs is 1. The molecule has 2 heterocycles. The van der Waals surface area contributed by atoms with E-state index in [1.807, 2.05) is 25.3 Å². The van der Waals surface area contributed by atoms with E-state index < -0.39 is 6.10 Å². The molecular weight excluding hydrogens is 435 g/mol. The van der Waals surface area contributed by atoms with E-state index in [4.69, 9.17) is 14.2 Å². The number of anilines is 1. The van der Waals surface area contributed by atoms with Crippen LogP contribution >= 0.6 is 11.8 Å². The van der Waals surface area contributed by atoms with Crippen molar-refractivity contribution in [3.63, 3.8) is 0 Å². The number of aromatic nitrogens is 3. The number of carbonyl (C=O) groups excluding carboxylic acids is 1. The maximum Gasteiger partial charge on any atom is 0.234 e. The van der Waals surface area contributed by atoms with Crippen LogP contribution in [0.4, 0.5) is 10.1 Å². The Hall–Kier alpha value is -3.27. The Bertz CT molecular complexity index is 1100. The second-order valence-electron chi connectivity index (χ2n) is 7.42. The van der Waals surface area contributed by atoms with Crippen LogP contribution in [0.25, 0.3) is 0 Å². The van der Waals surface area contributed by atoms with Crippen LogP contribution in [0.15, 0.2) is 47.6 Å². The Balaban J connectivity index is 1.40. The first-order chi connectivity index (χ1) is 15.4. The lowest BCUT2D eigenvalue weighted by Crippen LogP contribution is -2.16. The Morgan fingerprint density at radius 1 is 1.16 bits per heavy atom. The molecule has 8 nitrogen and oxygen atoms in total. The molecule has 1 unspecified atom stereocenters. The number of ether oxygens (including phenoxy) is 3. The number of thioether (sulfide) groups is 1. The van der Waals surface area contributed by atoms with E-state index in [0.717, 1.165) is 0 Å². The zero-order valence-corrected chi connectivity index (χ0v) is 18.7. The molecule has 0 bridgehead atoms. The maximum absolute atomic E-state index is 13.1. The molecule has 0 aliphatic carbocycles. The molecule has 4 rings (SSSR count). The van der Waals surface area contributed by atoms with Gasteiger partial charge in [0.05, 0.1) is 5.75 Å². The van der Waals surface area contributed by atoms with E-state index in [2.05, 4.69) is 15.5 Å². The number of hydrogen-bond acceptors (Lipinski definition) is 7. The molecule has 1 aromatic heterocycles. The zero-order valence-electron chi connectivity index (χ0n) is 17.9. The molecule has 32 heavy (non-hydrogen) atoms. The van der Waals surface area contributed by atoms with Gasteiger partial charge in [-0.3, -0.25) is 4.79 Å². The molecule has 1 aliphatic heterocycles. The van der Waals surface area contributed by atoms with Crippen molar-refractivity contribution in [2.24, 2.45) is 0 Å². The molecule has 0 saturated heterocycles. The Kier molecular flexibility index (Phi) is 6.50. The molecule has 0 spiro atoms. The smallest absolute Gasteiger partial charge is 0.234 e. The van der Waals surface area contributed by atoms with E-state index >= 15 is 0 Å². The van der Waals surface area contributed by atoms with Gasteiger partial charge in [-0.15, -0.1) is 10.2 Å². The van der Waals surface area contributed by atoms with Crippen molar-refractivity contribution in [1.82, 2.24) is 14.8 Å². The standard InChI is InChI=1S/C22H23FN4O4S/c1-13(2)27-21(14(3)31-17-7-4-15(23)5-8-17)25-26-22(27)32-11-20(28)24-16-6-9-18-19(10-16)30-12-29-18/h4-10,13-14H,11-12H2,1-3H3,(H,24,28). The van der Waals surface area contributed by atoms with Gasteiger partial charge >= 0.3 is 0 Å². The van der Waals surface area contributed by atoms with E-state index in [-0.39, 0.29) is 30.3 Å². The van der Waals surface area contributed by atoms with E-state index in [1.54, 1.807) is 30.3 Å². The fraction of sp³-hybridized carbons (Fsp3) is 0.318. The predicted octanol–water partition coefficient (Wildman–Crippen LogP) is 4.60. The fourth-order valence-corrected chi connectivity index (χ4v) is 4.10. The third-order valence-corrected chi connectivity index (χ3v) is 5.63. The van der Waals surface area contributed by atoms with Gasteiger partial charge in [0.1, 0.15) is 11.6 Å². The largest absolute Gasteiger partial charge is 0.483 e. The Morgan fingerprint density at radius 3 is 2.66 bits per heavy atom. The molecule has 0 fully saturated rings. The quantitative estimate of drug-likeness (QED) is 0.494. The normalized spacial score (nSPS) is 13.3. The molecular formula is C22H23FN4O4S. The van der Waals surface area contributed by atoms with E-state index in [0.29, 0.717) is 33.9 Å². The van der Waals surface area contributed by atoms with Crippen LogP contribution in [0.3, 0.4) is 0 Å². The summed E-state index contributed by atoms with van der Waals surface area (Å²) < 4.78 is 31.6. The number of hydrogen-bond donors (Lipinski definition) is 1. The van der Waals surface area contributed by atoms with Gasteiger partial charge in [0.15, 0.2) is 28.6 Å². The molecule has 1 N–H and O–H groups in total. The minimum Gasteiger partial charge on any atom is -0.483 e. The summed E-state index contributed by atoms with van der Waals surface area (Å²) >= 11 is 1.29. The number of nitrogens with zero attached hydrogens (tertiary/aromatic N) is 3. The second-order valence-corrected chi connectivity index (χ2v) is 8.37. The highest BCUT2D eigenvalue weighted by atomic mass is 32.2. The highest BCUT2D eigenvalue weighted by Gasteiger charge is 2.22. The fourth-order valence-electron chi connectivity index (χ4n) is 3.22. The SMILES string of the molecule is CC(Oc1ccc(F)cc1)c1nnc(SCC(=O)Nc2ccc3c(c2)OCO3)n1C(C)C. The van der Waals surface area contributed by atoms with Gasteiger partial charge in [0.25, 0.3) is 0 Å². The third kappa shape index (κ3) is 4.96. The molecule has 2 aromatic carbocycles. The Morgan fingerprint density at radius 2 is 1.91 bits per heavy atom. The molecule has 0 radical (unpaired) electrons. The lowest BCUT2D eigenvalue weighted by Gasteiger charge is -2.18. The van der Waals surface area contributed by atoms with Crippen molar-refractivity contribution in [3.05, 3.63) is 54.1 Å². The maximum atomic E-state index is 13.1. The summed E-state index contributed by atoms with van der Waals surface area (Å²) in [6.45, 7) is 6.05. The average Bonchev–Trinajstić information content (AvgIpc) is 3.40. The monoisotopic (exact) mass is 458 g/mol. The van der Waals surface area contributed by atoms with Crippen molar-refractivity contribution < 1.29 is 23.4 Å². The summed E-state index contributed by atoms with van der Waals surface area (Å²) in [5, 5.41) is 12.0. The molecule has 3 aromatic rings. The first-order valence-electron chi connectivity index (χ1n) is 10.1. The predicted molar refractivity (Wildman–Crippen MR) is 118 cm³/mol. The molecule has 1 aliphatic rings. The summed E-state index contributed by atoms with van der Waals surface area (Å²) in [6.07, 6.45) is -0.410. The second kappa shape index (κ2) is 9.47. The van der Waals surface area contributed by atoms with Crippen LogP contribution in [0.2, 0.25) is 0 Å². The van der Waals surface area contributed by atoms with Crippen LogP contribution in [-0.4, -0.2) is 33.2 Å². The molecule has 10 heteroatoms. The van der Waals surface area contributed by atoms with Crippen molar-refractivity contribution in [2.45, 2.75) is 38.1 Å². The van der Waals surface area contributed by atoms with Gasteiger partial charge in [-0.1, -0.05) is 11.8 Å². The number of rotatable bonds is 8. The van der Waals surface area contributed by atoms with Crippen molar-refractivity contribution in [2.75, 3.05) is 17.9 Å². The van der Waals surface area contributed by atoms with Crippen LogP contribution in [0.5, 0.6) is 17.2 Å². The van der Waals surface area contributed by atoms with Crippen LogP contribution < -0.4 is 19.5 Å². The first-order valence-corrected chi connectivity index (χ1v) is 11.1.